The van der Waals surface area contributed by atoms with Crippen LogP contribution in [0.1, 0.15) is 23.0 Å². The second-order valence-corrected chi connectivity index (χ2v) is 7.01. The van der Waals surface area contributed by atoms with E-state index >= 15 is 0 Å². The molecule has 0 spiro atoms. The number of amides is 2. The first kappa shape index (κ1) is 20.4. The molecule has 1 aliphatic rings. The quantitative estimate of drug-likeness (QED) is 0.541. The highest BCUT2D eigenvalue weighted by Gasteiger charge is 2.41. The summed E-state index contributed by atoms with van der Waals surface area (Å²) in [7, 11) is 2.50. The molecule has 0 bridgehead atoms. The van der Waals surface area contributed by atoms with Crippen LogP contribution in [0.4, 0.5) is 4.79 Å². The highest BCUT2D eigenvalue weighted by molar-refractivity contribution is 8.18. The number of carbonyl (C=O) groups is 4. The number of benzene rings is 1. The molecule has 2 heterocycles. The van der Waals surface area contributed by atoms with Crippen LogP contribution < -0.4 is 0 Å². The van der Waals surface area contributed by atoms with Gasteiger partial charge in [0.15, 0.2) is 0 Å². The zero-order chi connectivity index (χ0) is 21.1. The average Bonchev–Trinajstić information content (AvgIpc) is 3.31. The monoisotopic (exact) mass is 415 g/mol. The lowest BCUT2D eigenvalue weighted by atomic mass is 10.1. The summed E-state index contributed by atoms with van der Waals surface area (Å²) in [6, 6.07) is 8.99. The summed E-state index contributed by atoms with van der Waals surface area (Å²) in [4.78, 5) is 48.8. The number of ether oxygens (including phenoxy) is 2. The standard InChI is InChI=1S/C20H17NO7S/c1-11(18(23)26-2)21-17(22)16(29-20(21)25)10-14-8-9-15(28-14)12-4-6-13(7-5-12)19(24)27-3/h4-11H,1-3H3/b16-10+/t11-/m1/s1. The molecular weight excluding hydrogens is 398 g/mol. The van der Waals surface area contributed by atoms with E-state index in [0.29, 0.717) is 17.1 Å². The van der Waals surface area contributed by atoms with E-state index in [1.165, 1.54) is 27.2 Å². The molecule has 0 saturated carbocycles. The predicted molar refractivity (Wildman–Crippen MR) is 105 cm³/mol. The summed E-state index contributed by atoms with van der Waals surface area (Å²) in [5, 5.41) is -0.552. The van der Waals surface area contributed by atoms with Gasteiger partial charge in [-0.3, -0.25) is 14.5 Å². The van der Waals surface area contributed by atoms with Crippen LogP contribution >= 0.6 is 11.8 Å². The summed E-state index contributed by atoms with van der Waals surface area (Å²) in [6.07, 6.45) is 1.45. The Morgan fingerprint density at radius 2 is 1.76 bits per heavy atom. The molecule has 1 aromatic carbocycles. The third-order valence-electron chi connectivity index (χ3n) is 4.24. The second kappa shape index (κ2) is 8.36. The molecule has 29 heavy (non-hydrogen) atoms. The van der Waals surface area contributed by atoms with E-state index in [0.717, 1.165) is 22.2 Å². The van der Waals surface area contributed by atoms with Gasteiger partial charge in [-0.15, -0.1) is 0 Å². The molecule has 1 atom stereocenters. The van der Waals surface area contributed by atoms with Gasteiger partial charge in [-0.25, -0.2) is 9.59 Å². The SMILES string of the molecule is COC(=O)c1ccc(-c2ccc(/C=C3/SC(=O)N([C@H](C)C(=O)OC)C3=O)o2)cc1. The molecule has 1 aliphatic heterocycles. The molecule has 1 saturated heterocycles. The summed E-state index contributed by atoms with van der Waals surface area (Å²) >= 11 is 0.725. The number of hydrogen-bond donors (Lipinski definition) is 0. The molecule has 0 N–H and O–H groups in total. The largest absolute Gasteiger partial charge is 0.467 e. The lowest BCUT2D eigenvalue weighted by Gasteiger charge is -2.18. The van der Waals surface area contributed by atoms with Gasteiger partial charge in [-0.1, -0.05) is 12.1 Å². The number of imide groups is 1. The number of rotatable bonds is 5. The van der Waals surface area contributed by atoms with E-state index in [-0.39, 0.29) is 4.91 Å². The van der Waals surface area contributed by atoms with Crippen molar-refractivity contribution in [2.45, 2.75) is 13.0 Å². The normalized spacial score (nSPS) is 16.2. The van der Waals surface area contributed by atoms with Gasteiger partial charge in [0.1, 0.15) is 17.6 Å². The molecule has 150 valence electrons. The van der Waals surface area contributed by atoms with Crippen LogP contribution in [0.2, 0.25) is 0 Å². The third-order valence-corrected chi connectivity index (χ3v) is 5.13. The zero-order valence-corrected chi connectivity index (χ0v) is 16.6. The highest BCUT2D eigenvalue weighted by Crippen LogP contribution is 2.34. The van der Waals surface area contributed by atoms with Gasteiger partial charge >= 0.3 is 11.9 Å². The van der Waals surface area contributed by atoms with Crippen LogP contribution in [-0.2, 0) is 19.1 Å². The molecule has 0 unspecified atom stereocenters. The van der Waals surface area contributed by atoms with E-state index in [1.54, 1.807) is 36.4 Å². The van der Waals surface area contributed by atoms with Crippen LogP contribution in [0.3, 0.4) is 0 Å². The molecule has 9 heteroatoms. The molecule has 3 rings (SSSR count). The van der Waals surface area contributed by atoms with Gasteiger partial charge in [-0.2, -0.15) is 0 Å². The van der Waals surface area contributed by atoms with Gasteiger partial charge in [0.05, 0.1) is 24.7 Å². The predicted octanol–water partition coefficient (Wildman–Crippen LogP) is 3.33. The lowest BCUT2D eigenvalue weighted by Crippen LogP contribution is -2.42. The van der Waals surface area contributed by atoms with Crippen LogP contribution in [0.15, 0.2) is 45.7 Å². The summed E-state index contributed by atoms with van der Waals surface area (Å²) in [5.74, 6) is -0.806. The Kier molecular flexibility index (Phi) is 5.88. The Morgan fingerprint density at radius 3 is 2.38 bits per heavy atom. The fourth-order valence-electron chi connectivity index (χ4n) is 2.69. The highest BCUT2D eigenvalue weighted by atomic mass is 32.2. The Morgan fingerprint density at radius 1 is 1.07 bits per heavy atom. The fourth-order valence-corrected chi connectivity index (χ4v) is 3.58. The summed E-state index contributed by atoms with van der Waals surface area (Å²) in [6.45, 7) is 1.42. The molecule has 0 aliphatic carbocycles. The number of esters is 2. The first-order chi connectivity index (χ1) is 13.8. The minimum absolute atomic E-state index is 0.146. The Labute approximate surface area is 170 Å². The molecule has 2 amide bonds. The third kappa shape index (κ3) is 4.09. The van der Waals surface area contributed by atoms with E-state index in [2.05, 4.69) is 9.47 Å². The van der Waals surface area contributed by atoms with Crippen molar-refractivity contribution >= 4 is 40.9 Å². The van der Waals surface area contributed by atoms with Crippen molar-refractivity contribution in [1.29, 1.82) is 0 Å². The van der Waals surface area contributed by atoms with Crippen molar-refractivity contribution in [2.75, 3.05) is 14.2 Å². The molecule has 0 radical (unpaired) electrons. The fraction of sp³-hybridized carbons (Fsp3) is 0.200. The van der Waals surface area contributed by atoms with E-state index in [4.69, 9.17) is 4.42 Å². The summed E-state index contributed by atoms with van der Waals surface area (Å²) < 4.78 is 15.0. The molecule has 8 nitrogen and oxygen atoms in total. The molecule has 1 fully saturated rings. The molecular formula is C20H17NO7S. The number of methoxy groups -OCH3 is 2. The van der Waals surface area contributed by atoms with Gasteiger partial charge in [0, 0.05) is 11.6 Å². The van der Waals surface area contributed by atoms with E-state index in [1.807, 2.05) is 0 Å². The number of hydrogen-bond acceptors (Lipinski definition) is 8. The first-order valence-corrected chi connectivity index (χ1v) is 9.31. The maximum atomic E-state index is 12.5. The molecule has 1 aromatic heterocycles. The Balaban J connectivity index is 1.80. The number of nitrogens with zero attached hydrogens (tertiary/aromatic N) is 1. The number of carbonyl (C=O) groups excluding carboxylic acids is 4. The van der Waals surface area contributed by atoms with Crippen molar-refractivity contribution in [3.05, 3.63) is 52.6 Å². The minimum Gasteiger partial charge on any atom is -0.467 e. The van der Waals surface area contributed by atoms with E-state index < -0.39 is 29.1 Å². The van der Waals surface area contributed by atoms with Crippen molar-refractivity contribution in [3.8, 4) is 11.3 Å². The van der Waals surface area contributed by atoms with Crippen molar-refractivity contribution in [2.24, 2.45) is 0 Å². The van der Waals surface area contributed by atoms with Crippen molar-refractivity contribution in [3.63, 3.8) is 0 Å². The topological polar surface area (TPSA) is 103 Å². The smallest absolute Gasteiger partial charge is 0.337 e. The van der Waals surface area contributed by atoms with Gasteiger partial charge in [0.25, 0.3) is 11.1 Å². The van der Waals surface area contributed by atoms with Crippen LogP contribution in [0.5, 0.6) is 0 Å². The maximum Gasteiger partial charge on any atom is 0.337 e. The van der Waals surface area contributed by atoms with Gasteiger partial charge < -0.3 is 13.9 Å². The zero-order valence-electron chi connectivity index (χ0n) is 15.8. The Bertz CT molecular complexity index is 1010. The average molecular weight is 415 g/mol. The second-order valence-electron chi connectivity index (χ2n) is 6.02. The van der Waals surface area contributed by atoms with Gasteiger partial charge in [0.2, 0.25) is 0 Å². The number of furan rings is 1. The van der Waals surface area contributed by atoms with Crippen molar-refractivity contribution < 1.29 is 33.1 Å². The lowest BCUT2D eigenvalue weighted by molar-refractivity contribution is -0.148. The minimum atomic E-state index is -1.01. The first-order valence-electron chi connectivity index (χ1n) is 8.49. The van der Waals surface area contributed by atoms with E-state index in [9.17, 15) is 19.2 Å². The Hall–Kier alpha value is -3.33. The maximum absolute atomic E-state index is 12.5. The van der Waals surface area contributed by atoms with Gasteiger partial charge in [-0.05, 0) is 43.0 Å². The van der Waals surface area contributed by atoms with Crippen LogP contribution in [0, 0.1) is 0 Å². The number of thioether (sulfide) groups is 1. The van der Waals surface area contributed by atoms with Crippen LogP contribution in [-0.4, -0.2) is 48.2 Å². The summed E-state index contributed by atoms with van der Waals surface area (Å²) in [5.41, 5.74) is 1.14. The molecule has 2 aromatic rings. The van der Waals surface area contributed by atoms with Crippen LogP contribution in [0.25, 0.3) is 17.4 Å². The van der Waals surface area contributed by atoms with Crippen molar-refractivity contribution in [1.82, 2.24) is 4.90 Å².